The van der Waals surface area contributed by atoms with Gasteiger partial charge in [0, 0.05) is 0 Å². The molecule has 0 amide bonds. The molecule has 1 aromatic rings. The number of esters is 2. The van der Waals surface area contributed by atoms with E-state index in [0.717, 1.165) is 0 Å². The zero-order valence-corrected chi connectivity index (χ0v) is 13.8. The maximum atomic E-state index is 12.2. The van der Waals surface area contributed by atoms with Crippen LogP contribution in [0.1, 0.15) is 26.3 Å². The van der Waals surface area contributed by atoms with Gasteiger partial charge in [0.25, 0.3) is 0 Å². The lowest BCUT2D eigenvalue weighted by Crippen LogP contribution is -2.22. The first kappa shape index (κ1) is 18.1. The van der Waals surface area contributed by atoms with Crippen LogP contribution in [0.2, 0.25) is 0 Å². The predicted molar refractivity (Wildman–Crippen MR) is 79.9 cm³/mol. The van der Waals surface area contributed by atoms with E-state index >= 15 is 0 Å². The number of carbonyl (C=O) groups excluding carboxylic acids is 3. The molecule has 0 radical (unpaired) electrons. The molecule has 2 atom stereocenters. The van der Waals surface area contributed by atoms with Gasteiger partial charge in [-0.25, -0.2) is 19.3 Å². The largest absolute Gasteiger partial charge is 0.508 e. The molecule has 2 aliphatic heterocycles. The highest BCUT2D eigenvalue weighted by molar-refractivity contribution is 5.95. The van der Waals surface area contributed by atoms with Crippen LogP contribution in [0.3, 0.4) is 0 Å². The van der Waals surface area contributed by atoms with E-state index in [1.165, 1.54) is 6.07 Å². The van der Waals surface area contributed by atoms with Gasteiger partial charge in [-0.15, -0.1) is 0 Å². The molecule has 0 spiro atoms. The lowest BCUT2D eigenvalue weighted by atomic mass is 10.1. The van der Waals surface area contributed by atoms with Crippen molar-refractivity contribution in [2.45, 2.75) is 19.1 Å². The number of benzene rings is 1. The van der Waals surface area contributed by atoms with Crippen molar-refractivity contribution in [2.24, 2.45) is 0 Å². The van der Waals surface area contributed by atoms with Crippen molar-refractivity contribution >= 4 is 18.1 Å². The highest BCUT2D eigenvalue weighted by atomic mass is 17.5. The zero-order valence-electron chi connectivity index (χ0n) is 13.8. The fourth-order valence-electron chi connectivity index (χ4n) is 2.26. The van der Waals surface area contributed by atoms with Crippen LogP contribution in [0.4, 0.5) is 4.79 Å². The summed E-state index contributed by atoms with van der Waals surface area (Å²) in [6.45, 7) is 1.70. The summed E-state index contributed by atoms with van der Waals surface area (Å²) >= 11 is 0. The molecule has 10 nitrogen and oxygen atoms in total. The summed E-state index contributed by atoms with van der Waals surface area (Å²) in [5.41, 5.74) is 1.03. The molecular weight excluding hydrogens is 352 g/mol. The molecule has 0 saturated carbocycles. The second kappa shape index (κ2) is 8.13. The van der Waals surface area contributed by atoms with Gasteiger partial charge in [0.05, 0.1) is 11.1 Å². The molecule has 2 fully saturated rings. The standard InChI is InChI=1S/C16H16O10/c1-9-2-10(14(17)20-5-12-6-22-16(19)24-12)4-11(3-9)15(18)21-7-13-8-23-26-25-13/h2-4,12-13H,5-8H2,1H3. The normalized spacial score (nSPS) is 21.8. The summed E-state index contributed by atoms with van der Waals surface area (Å²) in [5, 5.41) is 4.25. The molecule has 0 bridgehead atoms. The smallest absolute Gasteiger partial charge is 0.459 e. The summed E-state index contributed by atoms with van der Waals surface area (Å²) in [6.07, 6.45) is -1.95. The summed E-state index contributed by atoms with van der Waals surface area (Å²) in [6, 6.07) is 4.50. The number of rotatable bonds is 6. The number of hydrogen-bond donors (Lipinski definition) is 0. The van der Waals surface area contributed by atoms with Crippen molar-refractivity contribution in [1.29, 1.82) is 0 Å². The van der Waals surface area contributed by atoms with Gasteiger partial charge < -0.3 is 18.9 Å². The maximum absolute atomic E-state index is 12.2. The first-order valence-electron chi connectivity index (χ1n) is 7.75. The minimum atomic E-state index is -0.798. The minimum absolute atomic E-state index is 0.0220. The Morgan fingerprint density at radius 1 is 1.04 bits per heavy atom. The Balaban J connectivity index is 1.57. The van der Waals surface area contributed by atoms with E-state index in [9.17, 15) is 14.4 Å². The molecule has 0 N–H and O–H groups in total. The lowest BCUT2D eigenvalue weighted by molar-refractivity contribution is -0.460. The van der Waals surface area contributed by atoms with Gasteiger partial charge in [0.15, 0.2) is 12.2 Å². The third kappa shape index (κ3) is 4.69. The van der Waals surface area contributed by atoms with Crippen molar-refractivity contribution in [2.75, 3.05) is 26.4 Å². The van der Waals surface area contributed by atoms with Crippen LogP contribution in [0, 0.1) is 6.92 Å². The van der Waals surface area contributed by atoms with Crippen molar-refractivity contribution < 1.29 is 48.1 Å². The third-order valence-electron chi connectivity index (χ3n) is 3.48. The van der Waals surface area contributed by atoms with Gasteiger partial charge in [-0.2, -0.15) is 4.89 Å². The average Bonchev–Trinajstić information content (AvgIpc) is 3.28. The van der Waals surface area contributed by atoms with Gasteiger partial charge in [0.1, 0.15) is 26.4 Å². The van der Waals surface area contributed by atoms with E-state index in [0.29, 0.717) is 5.56 Å². The summed E-state index contributed by atoms with van der Waals surface area (Å²) in [4.78, 5) is 44.4. The van der Waals surface area contributed by atoms with Crippen LogP contribution < -0.4 is 0 Å². The van der Waals surface area contributed by atoms with Crippen LogP contribution >= 0.6 is 0 Å². The molecule has 10 heteroatoms. The van der Waals surface area contributed by atoms with Gasteiger partial charge in [-0.05, 0) is 30.7 Å². The summed E-state index contributed by atoms with van der Waals surface area (Å²) < 4.78 is 19.6. The highest BCUT2D eigenvalue weighted by Crippen LogP contribution is 2.15. The molecule has 2 unspecified atom stereocenters. The quantitative estimate of drug-likeness (QED) is 0.410. The first-order chi connectivity index (χ1) is 12.5. The van der Waals surface area contributed by atoms with Crippen molar-refractivity contribution in [3.8, 4) is 0 Å². The Morgan fingerprint density at radius 3 is 2.23 bits per heavy atom. The number of aryl methyl sites for hydroxylation is 1. The van der Waals surface area contributed by atoms with E-state index in [2.05, 4.69) is 14.7 Å². The van der Waals surface area contributed by atoms with Gasteiger partial charge in [-0.1, -0.05) is 5.04 Å². The molecule has 1 aromatic carbocycles. The van der Waals surface area contributed by atoms with Gasteiger partial charge in [-0.3, -0.25) is 0 Å². The Labute approximate surface area is 147 Å². The van der Waals surface area contributed by atoms with E-state index in [4.69, 9.17) is 19.1 Å². The Morgan fingerprint density at radius 2 is 1.69 bits per heavy atom. The fraction of sp³-hybridized carbons (Fsp3) is 0.438. The van der Waals surface area contributed by atoms with Crippen molar-refractivity contribution in [1.82, 2.24) is 0 Å². The molecule has 26 heavy (non-hydrogen) atoms. The fourth-order valence-corrected chi connectivity index (χ4v) is 2.26. The Hall–Kier alpha value is -2.69. The van der Waals surface area contributed by atoms with E-state index < -0.39 is 30.3 Å². The summed E-state index contributed by atoms with van der Waals surface area (Å²) in [7, 11) is 0. The molecule has 2 aliphatic rings. The van der Waals surface area contributed by atoms with Crippen LogP contribution in [0.15, 0.2) is 18.2 Å². The van der Waals surface area contributed by atoms with E-state index in [-0.39, 0.29) is 37.6 Å². The van der Waals surface area contributed by atoms with E-state index in [1.807, 2.05) is 0 Å². The monoisotopic (exact) mass is 368 g/mol. The Bertz CT molecular complexity index is 694. The van der Waals surface area contributed by atoms with Crippen LogP contribution in [-0.4, -0.2) is 56.7 Å². The number of cyclic esters (lactones) is 2. The lowest BCUT2D eigenvalue weighted by Gasteiger charge is -2.11. The summed E-state index contributed by atoms with van der Waals surface area (Å²) in [5.74, 6) is -1.29. The van der Waals surface area contributed by atoms with E-state index in [1.54, 1.807) is 19.1 Å². The average molecular weight is 368 g/mol. The predicted octanol–water partition coefficient (Wildman–Crippen LogP) is 1.11. The van der Waals surface area contributed by atoms with Crippen molar-refractivity contribution in [3.63, 3.8) is 0 Å². The highest BCUT2D eigenvalue weighted by Gasteiger charge is 2.27. The van der Waals surface area contributed by atoms with Gasteiger partial charge in [0.2, 0.25) is 0 Å². The van der Waals surface area contributed by atoms with Gasteiger partial charge >= 0.3 is 18.1 Å². The number of hydrogen-bond acceptors (Lipinski definition) is 10. The molecule has 140 valence electrons. The molecule has 0 aromatic heterocycles. The topological polar surface area (TPSA) is 116 Å². The molecule has 2 saturated heterocycles. The zero-order chi connectivity index (χ0) is 18.5. The second-order valence-corrected chi connectivity index (χ2v) is 5.66. The maximum Gasteiger partial charge on any atom is 0.508 e. The number of carbonyl (C=O) groups is 3. The third-order valence-corrected chi connectivity index (χ3v) is 3.48. The molecule has 2 heterocycles. The first-order valence-corrected chi connectivity index (χ1v) is 7.75. The molecule has 0 aliphatic carbocycles. The molecular formula is C16H16O10. The van der Waals surface area contributed by atoms with Crippen molar-refractivity contribution in [3.05, 3.63) is 34.9 Å². The minimum Gasteiger partial charge on any atom is -0.459 e. The second-order valence-electron chi connectivity index (χ2n) is 5.66. The number of ether oxygens (including phenoxy) is 4. The van der Waals surface area contributed by atoms with Crippen LogP contribution in [-0.2, 0) is 33.8 Å². The molecule has 3 rings (SSSR count). The van der Waals surface area contributed by atoms with Crippen LogP contribution in [0.25, 0.3) is 0 Å². The SMILES string of the molecule is Cc1cc(C(=O)OCC2COOO2)cc(C(=O)OCC2COC(=O)O2)c1. The Kier molecular flexibility index (Phi) is 5.66. The van der Waals surface area contributed by atoms with Crippen LogP contribution in [0.5, 0.6) is 0 Å².